The van der Waals surface area contributed by atoms with Crippen molar-refractivity contribution < 1.29 is 18.0 Å². The smallest absolute Gasteiger partial charge is 0.369 e. The van der Waals surface area contributed by atoms with Crippen molar-refractivity contribution in [2.45, 2.75) is 31.6 Å². The Morgan fingerprint density at radius 2 is 2.00 bits per heavy atom. The Morgan fingerprint density at radius 3 is 2.70 bits per heavy atom. The molecule has 2 fully saturated rings. The number of hydrogen-bond donors (Lipinski definition) is 2. The van der Waals surface area contributed by atoms with E-state index >= 15 is 0 Å². The fourth-order valence-corrected chi connectivity index (χ4v) is 4.53. The Kier molecular flexibility index (Phi) is 5.59. The van der Waals surface area contributed by atoms with E-state index in [0.29, 0.717) is 30.7 Å². The SMILES string of the molecule is C[C@H]1C[C@@H](NC(=O)CN2CC(N)C2)CN(c2ccc(C(F)(F)F)c3ncccc23)C1. The van der Waals surface area contributed by atoms with Crippen LogP contribution in [0.4, 0.5) is 18.9 Å². The largest absolute Gasteiger partial charge is 0.418 e. The summed E-state index contributed by atoms with van der Waals surface area (Å²) in [5.74, 6) is 0.246. The van der Waals surface area contributed by atoms with E-state index in [4.69, 9.17) is 5.73 Å². The maximum atomic E-state index is 13.4. The van der Waals surface area contributed by atoms with Crippen LogP contribution in [-0.4, -0.2) is 60.6 Å². The molecule has 1 amide bonds. The molecule has 1 aromatic carbocycles. The van der Waals surface area contributed by atoms with E-state index in [-0.39, 0.29) is 29.4 Å². The average molecular weight is 421 g/mol. The van der Waals surface area contributed by atoms with Crippen LogP contribution in [0, 0.1) is 5.92 Å². The molecule has 2 saturated heterocycles. The van der Waals surface area contributed by atoms with Gasteiger partial charge < -0.3 is 16.0 Å². The number of nitrogens with zero attached hydrogens (tertiary/aromatic N) is 3. The van der Waals surface area contributed by atoms with Crippen LogP contribution in [0.25, 0.3) is 10.9 Å². The highest BCUT2D eigenvalue weighted by atomic mass is 19.4. The number of anilines is 1. The van der Waals surface area contributed by atoms with Gasteiger partial charge in [-0.05, 0) is 36.6 Å². The number of nitrogens with one attached hydrogen (secondary N) is 1. The second kappa shape index (κ2) is 8.03. The normalized spacial score (nSPS) is 23.4. The molecule has 162 valence electrons. The number of pyridine rings is 1. The first-order valence-electron chi connectivity index (χ1n) is 10.2. The van der Waals surface area contributed by atoms with E-state index < -0.39 is 11.7 Å². The second-order valence-electron chi connectivity index (χ2n) is 8.49. The predicted molar refractivity (Wildman–Crippen MR) is 109 cm³/mol. The van der Waals surface area contributed by atoms with Crippen molar-refractivity contribution in [3.8, 4) is 0 Å². The van der Waals surface area contributed by atoms with Crippen molar-refractivity contribution in [2.75, 3.05) is 37.6 Å². The zero-order valence-electron chi connectivity index (χ0n) is 16.8. The molecule has 0 saturated carbocycles. The first kappa shape index (κ1) is 20.9. The number of benzene rings is 1. The van der Waals surface area contributed by atoms with E-state index in [1.807, 2.05) is 4.90 Å². The van der Waals surface area contributed by atoms with E-state index in [2.05, 4.69) is 22.1 Å². The molecule has 0 bridgehead atoms. The zero-order valence-corrected chi connectivity index (χ0v) is 16.8. The molecule has 6 nitrogen and oxygen atoms in total. The topological polar surface area (TPSA) is 74.5 Å². The van der Waals surface area contributed by atoms with Crippen LogP contribution >= 0.6 is 0 Å². The van der Waals surface area contributed by atoms with Gasteiger partial charge in [-0.3, -0.25) is 14.7 Å². The minimum absolute atomic E-state index is 0.0418. The molecule has 9 heteroatoms. The third-order valence-corrected chi connectivity index (χ3v) is 5.77. The molecule has 1 aromatic heterocycles. The zero-order chi connectivity index (χ0) is 21.5. The number of carbonyl (C=O) groups is 1. The van der Waals surface area contributed by atoms with Gasteiger partial charge in [0.15, 0.2) is 0 Å². The monoisotopic (exact) mass is 421 g/mol. The van der Waals surface area contributed by atoms with Crippen molar-refractivity contribution >= 4 is 22.5 Å². The first-order valence-corrected chi connectivity index (χ1v) is 10.2. The number of halogens is 3. The molecule has 0 radical (unpaired) electrons. The lowest BCUT2D eigenvalue weighted by Gasteiger charge is -2.40. The van der Waals surface area contributed by atoms with Gasteiger partial charge in [-0.15, -0.1) is 0 Å². The molecule has 2 aliphatic rings. The summed E-state index contributed by atoms with van der Waals surface area (Å²) in [6.07, 6.45) is -2.25. The van der Waals surface area contributed by atoms with Gasteiger partial charge in [0.25, 0.3) is 0 Å². The molecule has 2 aliphatic heterocycles. The van der Waals surface area contributed by atoms with E-state index in [9.17, 15) is 18.0 Å². The molecule has 0 spiro atoms. The van der Waals surface area contributed by atoms with Gasteiger partial charge in [-0.2, -0.15) is 13.2 Å². The number of piperidine rings is 1. The number of amides is 1. The van der Waals surface area contributed by atoms with Crippen molar-refractivity contribution in [1.82, 2.24) is 15.2 Å². The second-order valence-corrected chi connectivity index (χ2v) is 8.49. The molecule has 0 aliphatic carbocycles. The quantitative estimate of drug-likeness (QED) is 0.792. The summed E-state index contributed by atoms with van der Waals surface area (Å²) in [4.78, 5) is 20.5. The summed E-state index contributed by atoms with van der Waals surface area (Å²) >= 11 is 0. The lowest BCUT2D eigenvalue weighted by molar-refractivity contribution is -0.136. The minimum atomic E-state index is -4.46. The fraction of sp³-hybridized carbons (Fsp3) is 0.524. The molecular formula is C21H26F3N5O. The van der Waals surface area contributed by atoms with Crippen LogP contribution in [0.2, 0.25) is 0 Å². The predicted octanol–water partition coefficient (Wildman–Crippen LogP) is 2.23. The Labute approximate surface area is 173 Å². The average Bonchev–Trinajstić information content (AvgIpc) is 2.64. The van der Waals surface area contributed by atoms with Gasteiger partial charge in [0.05, 0.1) is 17.6 Å². The number of fused-ring (bicyclic) bond motifs is 1. The van der Waals surface area contributed by atoms with Gasteiger partial charge in [0.1, 0.15) is 0 Å². The van der Waals surface area contributed by atoms with E-state index in [1.54, 1.807) is 12.1 Å². The maximum absolute atomic E-state index is 13.4. The molecule has 3 N–H and O–H groups in total. The van der Waals surface area contributed by atoms with Gasteiger partial charge in [-0.1, -0.05) is 6.92 Å². The Bertz CT molecular complexity index is 928. The molecule has 30 heavy (non-hydrogen) atoms. The Morgan fingerprint density at radius 1 is 1.23 bits per heavy atom. The van der Waals surface area contributed by atoms with Crippen LogP contribution in [-0.2, 0) is 11.0 Å². The summed E-state index contributed by atoms with van der Waals surface area (Å²) in [5.41, 5.74) is 5.69. The van der Waals surface area contributed by atoms with Crippen LogP contribution in [0.3, 0.4) is 0 Å². The summed E-state index contributed by atoms with van der Waals surface area (Å²) in [6.45, 7) is 5.12. The number of carbonyl (C=O) groups excluding carboxylic acids is 1. The minimum Gasteiger partial charge on any atom is -0.369 e. The van der Waals surface area contributed by atoms with Crippen molar-refractivity contribution in [2.24, 2.45) is 11.7 Å². The summed E-state index contributed by atoms with van der Waals surface area (Å²) in [7, 11) is 0. The van der Waals surface area contributed by atoms with Gasteiger partial charge in [0, 0.05) is 55.5 Å². The molecule has 2 atom stereocenters. The molecule has 4 rings (SSSR count). The molecular weight excluding hydrogens is 395 g/mol. The van der Waals surface area contributed by atoms with Crippen LogP contribution in [0.15, 0.2) is 30.5 Å². The Hall–Kier alpha value is -2.39. The molecule has 3 heterocycles. The van der Waals surface area contributed by atoms with Gasteiger partial charge in [-0.25, -0.2) is 0 Å². The Balaban J connectivity index is 1.53. The third-order valence-electron chi connectivity index (χ3n) is 5.77. The standard InChI is InChI=1S/C21H26F3N5O/c1-13-7-15(27-19(30)12-28-9-14(25)10-28)11-29(8-13)18-5-4-17(21(22,23)24)20-16(18)3-2-6-26-20/h2-6,13-15H,7-12,25H2,1H3,(H,27,30)/t13-,15+/m0/s1. The van der Waals surface area contributed by atoms with E-state index in [1.165, 1.54) is 12.3 Å². The van der Waals surface area contributed by atoms with Crippen LogP contribution in [0.1, 0.15) is 18.9 Å². The van der Waals surface area contributed by atoms with Crippen LogP contribution < -0.4 is 16.0 Å². The number of nitrogens with two attached hydrogens (primary N) is 1. The summed E-state index contributed by atoms with van der Waals surface area (Å²) in [5, 5.41) is 3.56. The number of likely N-dealkylation sites (tertiary alicyclic amines) is 1. The first-order chi connectivity index (χ1) is 14.2. The number of rotatable bonds is 4. The molecule has 2 aromatic rings. The lowest BCUT2D eigenvalue weighted by Crippen LogP contribution is -2.59. The summed E-state index contributed by atoms with van der Waals surface area (Å²) < 4.78 is 40.2. The van der Waals surface area contributed by atoms with Crippen molar-refractivity contribution in [3.63, 3.8) is 0 Å². The van der Waals surface area contributed by atoms with Crippen molar-refractivity contribution in [1.29, 1.82) is 0 Å². The van der Waals surface area contributed by atoms with Crippen LogP contribution in [0.5, 0.6) is 0 Å². The third kappa shape index (κ3) is 4.37. The maximum Gasteiger partial charge on any atom is 0.418 e. The number of alkyl halides is 3. The summed E-state index contributed by atoms with van der Waals surface area (Å²) in [6, 6.07) is 6.02. The van der Waals surface area contributed by atoms with E-state index in [0.717, 1.165) is 25.6 Å². The van der Waals surface area contributed by atoms with Gasteiger partial charge >= 0.3 is 6.18 Å². The fourth-order valence-electron chi connectivity index (χ4n) is 4.53. The lowest BCUT2D eigenvalue weighted by atomic mass is 9.94. The highest BCUT2D eigenvalue weighted by Gasteiger charge is 2.35. The highest BCUT2D eigenvalue weighted by molar-refractivity contribution is 5.94. The highest BCUT2D eigenvalue weighted by Crippen LogP contribution is 2.38. The number of hydrogen-bond acceptors (Lipinski definition) is 5. The van der Waals surface area contributed by atoms with Gasteiger partial charge in [0.2, 0.25) is 5.91 Å². The number of aromatic nitrogens is 1. The van der Waals surface area contributed by atoms with Crippen molar-refractivity contribution in [3.05, 3.63) is 36.0 Å². The molecule has 0 unspecified atom stereocenters.